The molecule has 0 aliphatic carbocycles. The molecular formula is C24H36N4O7S. The normalized spacial score (nSPS) is 24.1. The van der Waals surface area contributed by atoms with Crippen LogP contribution in [0.4, 0.5) is 0 Å². The monoisotopic (exact) mass is 524 g/mol. The Bertz CT molecular complexity index is 1040. The first-order valence-electron chi connectivity index (χ1n) is 12.3. The van der Waals surface area contributed by atoms with E-state index >= 15 is 0 Å². The first-order valence-corrected chi connectivity index (χ1v) is 13.7. The molecule has 2 heterocycles. The van der Waals surface area contributed by atoms with Crippen molar-refractivity contribution >= 4 is 28.1 Å². The highest BCUT2D eigenvalue weighted by atomic mass is 32.2. The predicted molar refractivity (Wildman–Crippen MR) is 132 cm³/mol. The summed E-state index contributed by atoms with van der Waals surface area (Å²) in [5.74, 6) is -2.21. The number of benzene rings is 1. The number of nitrogens with zero attached hydrogens (tertiary/aromatic N) is 2. The average molecular weight is 525 g/mol. The number of carboxylic acid groups (broad SMARTS) is 1. The molecule has 2 fully saturated rings. The van der Waals surface area contributed by atoms with Crippen LogP contribution >= 0.6 is 0 Å². The van der Waals surface area contributed by atoms with E-state index in [2.05, 4.69) is 10.0 Å². The number of carbonyl (C=O) groups excluding carboxylic acids is 2. The fraction of sp³-hybridized carbons (Fsp3) is 0.625. The van der Waals surface area contributed by atoms with Crippen LogP contribution in [0.3, 0.4) is 0 Å². The number of carboxylic acids is 1. The second-order valence-electron chi connectivity index (χ2n) is 9.24. The molecule has 1 aromatic carbocycles. The topological polar surface area (TPSA) is 145 Å². The van der Waals surface area contributed by atoms with Crippen LogP contribution in [0.15, 0.2) is 30.3 Å². The van der Waals surface area contributed by atoms with Gasteiger partial charge in [0, 0.05) is 26.2 Å². The fourth-order valence-electron chi connectivity index (χ4n) is 5.12. The third kappa shape index (κ3) is 6.41. The van der Waals surface area contributed by atoms with E-state index in [4.69, 9.17) is 4.74 Å². The quantitative estimate of drug-likeness (QED) is 0.352. The van der Waals surface area contributed by atoms with Gasteiger partial charge >= 0.3 is 11.9 Å². The summed E-state index contributed by atoms with van der Waals surface area (Å²) in [5.41, 5.74) is 1.04. The molecule has 0 spiro atoms. The van der Waals surface area contributed by atoms with Gasteiger partial charge in [-0.1, -0.05) is 30.3 Å². The van der Waals surface area contributed by atoms with Gasteiger partial charge in [-0.25, -0.2) is 9.52 Å². The number of aliphatic carboxylic acids is 1. The van der Waals surface area contributed by atoms with Gasteiger partial charge in [-0.05, 0) is 51.0 Å². The molecule has 0 aromatic heterocycles. The number of hydrogen-bond acceptors (Lipinski definition) is 7. The van der Waals surface area contributed by atoms with E-state index in [-0.39, 0.29) is 32.0 Å². The zero-order valence-electron chi connectivity index (χ0n) is 20.9. The number of likely N-dealkylation sites (tertiary alicyclic amines) is 1. The third-order valence-electron chi connectivity index (χ3n) is 7.00. The molecule has 0 saturated carbocycles. The molecule has 0 unspecified atom stereocenters. The maximum atomic E-state index is 13.6. The summed E-state index contributed by atoms with van der Waals surface area (Å²) in [7, 11) is -2.40. The molecule has 5 atom stereocenters. The lowest BCUT2D eigenvalue weighted by atomic mass is 9.92. The van der Waals surface area contributed by atoms with Crippen LogP contribution in [0.2, 0.25) is 0 Å². The summed E-state index contributed by atoms with van der Waals surface area (Å²) in [6, 6.07) is 6.36. The Kier molecular flexibility index (Phi) is 9.45. The number of esters is 1. The number of aryl methyl sites for hydroxylation is 1. The van der Waals surface area contributed by atoms with Crippen molar-refractivity contribution < 1.29 is 32.6 Å². The van der Waals surface area contributed by atoms with Gasteiger partial charge in [-0.2, -0.15) is 12.7 Å². The van der Waals surface area contributed by atoms with Gasteiger partial charge in [0.15, 0.2) is 0 Å². The number of rotatable bonds is 11. The van der Waals surface area contributed by atoms with E-state index < -0.39 is 52.2 Å². The zero-order valence-corrected chi connectivity index (χ0v) is 21.7. The number of ether oxygens (including phenoxy) is 1. The number of hydrogen-bond donors (Lipinski definition) is 3. The van der Waals surface area contributed by atoms with Crippen LogP contribution in [-0.4, -0.2) is 91.5 Å². The van der Waals surface area contributed by atoms with Gasteiger partial charge in [-0.3, -0.25) is 14.9 Å². The van der Waals surface area contributed by atoms with Crippen LogP contribution in [0.1, 0.15) is 38.7 Å². The second kappa shape index (κ2) is 12.1. The molecule has 0 bridgehead atoms. The van der Waals surface area contributed by atoms with E-state index in [1.807, 2.05) is 30.3 Å². The molecule has 1 aromatic rings. The summed E-state index contributed by atoms with van der Waals surface area (Å²) in [5, 5.41) is 12.9. The van der Waals surface area contributed by atoms with E-state index in [0.29, 0.717) is 19.3 Å². The lowest BCUT2D eigenvalue weighted by molar-refractivity contribution is -0.152. The minimum atomic E-state index is -3.72. The third-order valence-corrected chi connectivity index (χ3v) is 8.53. The summed E-state index contributed by atoms with van der Waals surface area (Å²) in [4.78, 5) is 39.6. The minimum Gasteiger partial charge on any atom is -0.480 e. The molecule has 2 saturated heterocycles. The van der Waals surface area contributed by atoms with Crippen LogP contribution in [0.25, 0.3) is 0 Å². The minimum absolute atomic E-state index is 0.0192. The molecule has 200 valence electrons. The molecule has 3 rings (SSSR count). The van der Waals surface area contributed by atoms with Crippen molar-refractivity contribution in [2.24, 2.45) is 5.92 Å². The molecule has 3 N–H and O–H groups in total. The summed E-state index contributed by atoms with van der Waals surface area (Å²) < 4.78 is 33.5. The maximum absolute atomic E-state index is 13.6. The van der Waals surface area contributed by atoms with Gasteiger partial charge in [0.25, 0.3) is 10.2 Å². The smallest absolute Gasteiger partial charge is 0.326 e. The Balaban J connectivity index is 1.77. The standard InChI is InChI=1S/C24H36N4O7S/c1-4-35-24(32)19(11-10-17-8-6-5-7-9-17)26-16(2)22(29)28-20(23(30)31)14-18-12-13-27(15-21(18)28)36(33,34)25-3/h5-9,16,18-21,25-26H,4,10-15H2,1-3H3,(H,30,31)/t16-,18-,19+,20+,21+/m1/s1. The second-order valence-corrected chi connectivity index (χ2v) is 11.1. The van der Waals surface area contributed by atoms with Crippen molar-refractivity contribution in [3.63, 3.8) is 0 Å². The zero-order chi connectivity index (χ0) is 26.5. The van der Waals surface area contributed by atoms with Crippen molar-refractivity contribution in [1.82, 2.24) is 19.2 Å². The van der Waals surface area contributed by atoms with E-state index in [1.165, 1.54) is 16.3 Å². The van der Waals surface area contributed by atoms with E-state index in [0.717, 1.165) is 5.56 Å². The number of nitrogens with one attached hydrogen (secondary N) is 2. The Labute approximate surface area is 212 Å². The average Bonchev–Trinajstić information content (AvgIpc) is 3.25. The van der Waals surface area contributed by atoms with Crippen molar-refractivity contribution in [2.75, 3.05) is 26.7 Å². The largest absolute Gasteiger partial charge is 0.480 e. The van der Waals surface area contributed by atoms with Crippen LogP contribution in [0, 0.1) is 5.92 Å². The Hall–Kier alpha value is -2.54. The Morgan fingerprint density at radius 1 is 1.22 bits per heavy atom. The fourth-order valence-corrected chi connectivity index (χ4v) is 6.07. The summed E-state index contributed by atoms with van der Waals surface area (Å²) in [6.07, 6.45) is 1.70. The molecule has 2 aliphatic heterocycles. The van der Waals surface area contributed by atoms with Crippen molar-refractivity contribution in [3.8, 4) is 0 Å². The van der Waals surface area contributed by atoms with Crippen molar-refractivity contribution in [2.45, 2.75) is 63.7 Å². The first kappa shape index (κ1) is 28.0. The van der Waals surface area contributed by atoms with Crippen molar-refractivity contribution in [1.29, 1.82) is 0 Å². The van der Waals surface area contributed by atoms with Gasteiger partial charge in [0.05, 0.1) is 12.6 Å². The first-order chi connectivity index (χ1) is 17.1. The maximum Gasteiger partial charge on any atom is 0.326 e. The Morgan fingerprint density at radius 2 is 1.92 bits per heavy atom. The molecule has 12 heteroatoms. The lowest BCUT2D eigenvalue weighted by Gasteiger charge is -2.39. The molecule has 36 heavy (non-hydrogen) atoms. The number of carbonyl (C=O) groups is 3. The van der Waals surface area contributed by atoms with Gasteiger partial charge in [0.1, 0.15) is 12.1 Å². The lowest BCUT2D eigenvalue weighted by Crippen LogP contribution is -2.59. The van der Waals surface area contributed by atoms with Crippen LogP contribution < -0.4 is 10.0 Å². The summed E-state index contributed by atoms with van der Waals surface area (Å²) >= 11 is 0. The van der Waals surface area contributed by atoms with Gasteiger partial charge < -0.3 is 14.7 Å². The van der Waals surface area contributed by atoms with Crippen LogP contribution in [0.5, 0.6) is 0 Å². The number of fused-ring (bicyclic) bond motifs is 1. The Morgan fingerprint density at radius 3 is 2.53 bits per heavy atom. The summed E-state index contributed by atoms with van der Waals surface area (Å²) in [6.45, 7) is 3.77. The predicted octanol–water partition coefficient (Wildman–Crippen LogP) is 0.369. The molecule has 11 nitrogen and oxygen atoms in total. The highest BCUT2D eigenvalue weighted by Gasteiger charge is 2.51. The number of amides is 1. The van der Waals surface area contributed by atoms with Gasteiger partial charge in [-0.15, -0.1) is 0 Å². The highest BCUT2D eigenvalue weighted by molar-refractivity contribution is 7.87. The van der Waals surface area contributed by atoms with E-state index in [9.17, 15) is 27.9 Å². The van der Waals surface area contributed by atoms with E-state index in [1.54, 1.807) is 13.8 Å². The van der Waals surface area contributed by atoms with Crippen LogP contribution in [-0.2, 0) is 35.8 Å². The highest BCUT2D eigenvalue weighted by Crippen LogP contribution is 2.37. The van der Waals surface area contributed by atoms with Gasteiger partial charge in [0.2, 0.25) is 5.91 Å². The number of piperidine rings is 1. The van der Waals surface area contributed by atoms with Crippen molar-refractivity contribution in [3.05, 3.63) is 35.9 Å². The molecule has 0 radical (unpaired) electrons. The molecular weight excluding hydrogens is 488 g/mol. The molecule has 1 amide bonds. The molecule has 2 aliphatic rings. The SMILES string of the molecule is CCOC(=O)[C@H](CCc1ccccc1)N[C@H](C)C(=O)N1[C@H](C(=O)O)C[C@H]2CCN(S(=O)(=O)NC)C[C@@H]21.